The Bertz CT molecular complexity index is 516. The molecule has 2 aromatic heterocycles. The van der Waals surface area contributed by atoms with Crippen molar-refractivity contribution >= 4 is 17.2 Å². The molecule has 2 aromatic rings. The topological polar surface area (TPSA) is 43.1 Å². The smallest absolute Gasteiger partial charge is 0.165 e. The monoisotopic (exact) mass is 250 g/mol. The summed E-state index contributed by atoms with van der Waals surface area (Å²) in [6.07, 6.45) is 9.44. The summed E-state index contributed by atoms with van der Waals surface area (Å²) in [4.78, 5) is 4.08. The molecule has 1 fully saturated rings. The van der Waals surface area contributed by atoms with Crippen molar-refractivity contribution in [3.63, 3.8) is 0 Å². The first-order chi connectivity index (χ1) is 8.33. The van der Waals surface area contributed by atoms with Crippen LogP contribution >= 0.6 is 11.6 Å². The first kappa shape index (κ1) is 11.0. The van der Waals surface area contributed by atoms with Crippen LogP contribution in [0.1, 0.15) is 37.9 Å². The van der Waals surface area contributed by atoms with E-state index < -0.39 is 0 Å². The lowest BCUT2D eigenvalue weighted by Crippen LogP contribution is -2.11. The first-order valence-electron chi connectivity index (χ1n) is 6.18. The third-order valence-electron chi connectivity index (χ3n) is 3.53. The fourth-order valence-corrected chi connectivity index (χ4v) is 2.75. The molecule has 5 heteroatoms. The summed E-state index contributed by atoms with van der Waals surface area (Å²) >= 11 is 5.83. The quantitative estimate of drug-likeness (QED) is 0.770. The van der Waals surface area contributed by atoms with Crippen molar-refractivity contribution in [2.75, 3.05) is 0 Å². The Morgan fingerprint density at radius 1 is 1.24 bits per heavy atom. The highest BCUT2D eigenvalue weighted by Crippen LogP contribution is 2.26. The largest absolute Gasteiger partial charge is 0.269 e. The van der Waals surface area contributed by atoms with Gasteiger partial charge in [-0.3, -0.25) is 4.40 Å². The Morgan fingerprint density at radius 2 is 2.06 bits per heavy atom. The molecule has 1 aliphatic carbocycles. The van der Waals surface area contributed by atoms with Gasteiger partial charge < -0.3 is 0 Å². The second-order valence-electron chi connectivity index (χ2n) is 4.76. The van der Waals surface area contributed by atoms with Crippen LogP contribution in [0.2, 0.25) is 5.15 Å². The predicted molar refractivity (Wildman–Crippen MR) is 66.1 cm³/mol. The SMILES string of the molecule is Clc1cc2nnc(CC3CCCCC3)n2cn1. The van der Waals surface area contributed by atoms with Crippen molar-refractivity contribution in [1.29, 1.82) is 0 Å². The van der Waals surface area contributed by atoms with Crippen molar-refractivity contribution in [2.45, 2.75) is 38.5 Å². The summed E-state index contributed by atoms with van der Waals surface area (Å²) in [6.45, 7) is 0. The first-order valence-corrected chi connectivity index (χ1v) is 6.56. The highest BCUT2D eigenvalue weighted by molar-refractivity contribution is 6.29. The zero-order valence-electron chi connectivity index (χ0n) is 9.64. The molecule has 0 saturated heterocycles. The molecule has 0 atom stereocenters. The molecule has 0 spiro atoms. The number of hydrogen-bond acceptors (Lipinski definition) is 3. The minimum absolute atomic E-state index is 0.467. The minimum atomic E-state index is 0.467. The highest BCUT2D eigenvalue weighted by atomic mass is 35.5. The standard InChI is InChI=1S/C12H15ClN4/c13-10-7-12-16-15-11(17(12)8-14-10)6-9-4-2-1-3-5-9/h7-9H,1-6H2. The lowest BCUT2D eigenvalue weighted by Gasteiger charge is -2.20. The summed E-state index contributed by atoms with van der Waals surface area (Å²) in [5, 5.41) is 8.85. The van der Waals surface area contributed by atoms with Crippen LogP contribution in [0.3, 0.4) is 0 Å². The van der Waals surface area contributed by atoms with Gasteiger partial charge in [0, 0.05) is 12.5 Å². The van der Waals surface area contributed by atoms with E-state index in [1.807, 2.05) is 4.40 Å². The van der Waals surface area contributed by atoms with E-state index in [2.05, 4.69) is 15.2 Å². The molecule has 2 heterocycles. The van der Waals surface area contributed by atoms with Gasteiger partial charge in [0.1, 0.15) is 17.3 Å². The van der Waals surface area contributed by atoms with Gasteiger partial charge in [-0.05, 0) is 5.92 Å². The Morgan fingerprint density at radius 3 is 2.88 bits per heavy atom. The van der Waals surface area contributed by atoms with Gasteiger partial charge >= 0.3 is 0 Å². The van der Waals surface area contributed by atoms with Crippen LogP contribution in [0.25, 0.3) is 5.65 Å². The molecule has 90 valence electrons. The van der Waals surface area contributed by atoms with Gasteiger partial charge in [0.25, 0.3) is 0 Å². The molecule has 1 aliphatic rings. The maximum atomic E-state index is 5.83. The fraction of sp³-hybridized carbons (Fsp3) is 0.583. The molecular weight excluding hydrogens is 236 g/mol. The van der Waals surface area contributed by atoms with E-state index in [0.717, 1.165) is 23.8 Å². The predicted octanol–water partition coefficient (Wildman–Crippen LogP) is 2.90. The van der Waals surface area contributed by atoms with Crippen LogP contribution in [0.5, 0.6) is 0 Å². The average molecular weight is 251 g/mol. The summed E-state index contributed by atoms with van der Waals surface area (Å²) in [5.74, 6) is 1.77. The van der Waals surface area contributed by atoms with E-state index in [0.29, 0.717) is 5.15 Å². The normalized spacial score (nSPS) is 17.7. The molecule has 1 saturated carbocycles. The fourth-order valence-electron chi connectivity index (χ4n) is 2.61. The van der Waals surface area contributed by atoms with Crippen LogP contribution in [-0.2, 0) is 6.42 Å². The van der Waals surface area contributed by atoms with E-state index in [1.54, 1.807) is 12.4 Å². The van der Waals surface area contributed by atoms with Gasteiger partial charge in [-0.2, -0.15) is 0 Å². The van der Waals surface area contributed by atoms with Crippen LogP contribution in [0, 0.1) is 5.92 Å². The van der Waals surface area contributed by atoms with Crippen LogP contribution in [0.4, 0.5) is 0 Å². The van der Waals surface area contributed by atoms with Crippen molar-refractivity contribution in [3.8, 4) is 0 Å². The maximum absolute atomic E-state index is 5.83. The number of aromatic nitrogens is 4. The Balaban J connectivity index is 1.84. The van der Waals surface area contributed by atoms with E-state index in [1.165, 1.54) is 32.1 Å². The molecule has 0 radical (unpaired) electrons. The van der Waals surface area contributed by atoms with Crippen molar-refractivity contribution in [1.82, 2.24) is 19.6 Å². The molecule has 4 nitrogen and oxygen atoms in total. The molecule has 17 heavy (non-hydrogen) atoms. The Kier molecular flexibility index (Phi) is 2.97. The van der Waals surface area contributed by atoms with Crippen LogP contribution in [0.15, 0.2) is 12.4 Å². The molecule has 0 amide bonds. The third-order valence-corrected chi connectivity index (χ3v) is 3.74. The average Bonchev–Trinajstić information content (AvgIpc) is 2.73. The zero-order valence-corrected chi connectivity index (χ0v) is 10.4. The van der Waals surface area contributed by atoms with Gasteiger partial charge in [-0.1, -0.05) is 43.7 Å². The molecule has 3 rings (SSSR count). The van der Waals surface area contributed by atoms with Gasteiger partial charge in [-0.25, -0.2) is 4.98 Å². The minimum Gasteiger partial charge on any atom is -0.269 e. The Hall–Kier alpha value is -1.16. The number of halogens is 1. The van der Waals surface area contributed by atoms with Crippen LogP contribution < -0.4 is 0 Å². The number of nitrogens with zero attached hydrogens (tertiary/aromatic N) is 4. The molecule has 0 aromatic carbocycles. The summed E-state index contributed by atoms with van der Waals surface area (Å²) in [6, 6.07) is 1.75. The number of hydrogen-bond donors (Lipinski definition) is 0. The lowest BCUT2D eigenvalue weighted by molar-refractivity contribution is 0.350. The summed E-state index contributed by atoms with van der Waals surface area (Å²) in [5.41, 5.74) is 0.788. The Labute approximate surface area is 105 Å². The maximum Gasteiger partial charge on any atom is 0.165 e. The van der Waals surface area contributed by atoms with E-state index in [-0.39, 0.29) is 0 Å². The second kappa shape index (κ2) is 4.61. The summed E-state index contributed by atoms with van der Waals surface area (Å²) in [7, 11) is 0. The van der Waals surface area contributed by atoms with Gasteiger partial charge in [0.15, 0.2) is 5.65 Å². The van der Waals surface area contributed by atoms with E-state index >= 15 is 0 Å². The van der Waals surface area contributed by atoms with Gasteiger partial charge in [-0.15, -0.1) is 10.2 Å². The van der Waals surface area contributed by atoms with E-state index in [4.69, 9.17) is 11.6 Å². The van der Waals surface area contributed by atoms with Crippen molar-refractivity contribution < 1.29 is 0 Å². The third kappa shape index (κ3) is 2.27. The molecular formula is C12H15ClN4. The van der Waals surface area contributed by atoms with Crippen LogP contribution in [-0.4, -0.2) is 19.6 Å². The van der Waals surface area contributed by atoms with Crippen molar-refractivity contribution in [3.05, 3.63) is 23.4 Å². The van der Waals surface area contributed by atoms with E-state index in [9.17, 15) is 0 Å². The lowest BCUT2D eigenvalue weighted by atomic mass is 9.87. The van der Waals surface area contributed by atoms with Gasteiger partial charge in [0.2, 0.25) is 0 Å². The zero-order chi connectivity index (χ0) is 11.7. The number of fused-ring (bicyclic) bond motifs is 1. The molecule has 0 bridgehead atoms. The second-order valence-corrected chi connectivity index (χ2v) is 5.15. The molecule has 0 aliphatic heterocycles. The summed E-state index contributed by atoms with van der Waals surface area (Å²) < 4.78 is 1.94. The molecule has 0 N–H and O–H groups in total. The van der Waals surface area contributed by atoms with Crippen molar-refractivity contribution in [2.24, 2.45) is 5.92 Å². The number of rotatable bonds is 2. The highest BCUT2D eigenvalue weighted by Gasteiger charge is 2.17. The van der Waals surface area contributed by atoms with Gasteiger partial charge in [0.05, 0.1) is 0 Å². The molecule has 0 unspecified atom stereocenters.